The molecule has 3 N–H and O–H groups in total. The number of carbonyl (C=O) groups is 2. The maximum atomic E-state index is 13.0. The minimum Gasteiger partial charge on any atom is -0.339 e. The molecule has 2 amide bonds. The van der Waals surface area contributed by atoms with Crippen molar-refractivity contribution in [2.24, 2.45) is 5.10 Å². The molecule has 34 heavy (non-hydrogen) atoms. The summed E-state index contributed by atoms with van der Waals surface area (Å²) in [7, 11) is -2.98. The van der Waals surface area contributed by atoms with Crippen molar-refractivity contribution in [3.63, 3.8) is 0 Å². The standard InChI is InChI=1S/C21H21Cl2N5O5S/c1-28(12-5-6-12)21(30)13-9-11(22)4-7-15(13)25-20(29)17-10-16(26-27-17)19(34(31,32)33)18-14(23)3-2-8-24-18/h2-4,7-9,12,17,19,27H,5-6,10H2,1H3,(H,25,29)(H,31,32,33). The van der Waals surface area contributed by atoms with Crippen LogP contribution in [0, 0.1) is 0 Å². The van der Waals surface area contributed by atoms with Crippen molar-refractivity contribution < 1.29 is 22.6 Å². The molecule has 2 heterocycles. The summed E-state index contributed by atoms with van der Waals surface area (Å²) >= 11 is 12.2. The highest BCUT2D eigenvalue weighted by atomic mass is 35.5. The Bertz CT molecular complexity index is 1280. The Kier molecular flexibility index (Phi) is 6.81. The number of rotatable bonds is 7. The van der Waals surface area contributed by atoms with Gasteiger partial charge in [-0.3, -0.25) is 24.6 Å². The highest BCUT2D eigenvalue weighted by Crippen LogP contribution is 2.32. The number of nitrogens with one attached hydrogen (secondary N) is 2. The number of amides is 2. The van der Waals surface area contributed by atoms with Crippen LogP contribution in [0.2, 0.25) is 10.0 Å². The molecule has 2 atom stereocenters. The van der Waals surface area contributed by atoms with Crippen LogP contribution in [0.3, 0.4) is 0 Å². The van der Waals surface area contributed by atoms with E-state index in [1.165, 1.54) is 30.5 Å². The second-order valence-corrected chi connectivity index (χ2v) is 10.4. The zero-order valence-corrected chi connectivity index (χ0v) is 20.2. The molecule has 0 spiro atoms. The Labute approximate surface area is 206 Å². The van der Waals surface area contributed by atoms with Crippen molar-refractivity contribution in [2.75, 3.05) is 12.4 Å². The number of hydrogen-bond acceptors (Lipinski definition) is 7. The molecular formula is C21H21Cl2N5O5S. The molecule has 1 fully saturated rings. The van der Waals surface area contributed by atoms with Gasteiger partial charge in [0, 0.05) is 30.7 Å². The summed E-state index contributed by atoms with van der Waals surface area (Å²) in [6.45, 7) is 0. The van der Waals surface area contributed by atoms with Gasteiger partial charge in [-0.25, -0.2) is 0 Å². The second-order valence-electron chi connectivity index (χ2n) is 8.08. The molecule has 1 aromatic carbocycles. The van der Waals surface area contributed by atoms with Crippen molar-refractivity contribution in [1.82, 2.24) is 15.3 Å². The fourth-order valence-corrected chi connectivity index (χ4v) is 5.11. The summed E-state index contributed by atoms with van der Waals surface area (Å²) in [4.78, 5) is 31.4. The third kappa shape index (κ3) is 5.17. The van der Waals surface area contributed by atoms with E-state index in [9.17, 15) is 22.6 Å². The largest absolute Gasteiger partial charge is 0.339 e. The first-order valence-corrected chi connectivity index (χ1v) is 12.6. The molecule has 10 nitrogen and oxygen atoms in total. The van der Waals surface area contributed by atoms with Crippen molar-refractivity contribution in [3.8, 4) is 0 Å². The number of nitrogens with zero attached hydrogens (tertiary/aromatic N) is 3. The van der Waals surface area contributed by atoms with Crippen LogP contribution in [-0.4, -0.2) is 59.5 Å². The molecule has 0 bridgehead atoms. The number of carbonyl (C=O) groups excluding carboxylic acids is 2. The van der Waals surface area contributed by atoms with E-state index >= 15 is 0 Å². The molecule has 0 radical (unpaired) electrons. The molecule has 1 aromatic heterocycles. The Balaban J connectivity index is 1.52. The topological polar surface area (TPSA) is 141 Å². The molecule has 180 valence electrons. The van der Waals surface area contributed by atoms with Crippen LogP contribution in [0.5, 0.6) is 0 Å². The average molecular weight is 526 g/mol. The predicted octanol–water partition coefficient (Wildman–Crippen LogP) is 2.91. The Morgan fingerprint density at radius 1 is 1.26 bits per heavy atom. The fraction of sp³-hybridized carbons (Fsp3) is 0.333. The van der Waals surface area contributed by atoms with E-state index in [-0.39, 0.29) is 46.0 Å². The van der Waals surface area contributed by atoms with E-state index < -0.39 is 27.3 Å². The molecule has 2 aliphatic rings. The van der Waals surface area contributed by atoms with Crippen molar-refractivity contribution >= 4 is 56.5 Å². The van der Waals surface area contributed by atoms with E-state index in [2.05, 4.69) is 20.8 Å². The third-order valence-electron chi connectivity index (χ3n) is 5.61. The van der Waals surface area contributed by atoms with Crippen LogP contribution in [0.15, 0.2) is 41.6 Å². The summed E-state index contributed by atoms with van der Waals surface area (Å²) in [5.74, 6) is -0.821. The average Bonchev–Trinajstić information content (AvgIpc) is 3.52. The van der Waals surface area contributed by atoms with Gasteiger partial charge in [-0.15, -0.1) is 0 Å². The minimum atomic E-state index is -4.68. The third-order valence-corrected chi connectivity index (χ3v) is 7.26. The van der Waals surface area contributed by atoms with Gasteiger partial charge < -0.3 is 10.2 Å². The van der Waals surface area contributed by atoms with Crippen LogP contribution in [0.1, 0.15) is 40.6 Å². The number of hydrogen-bond donors (Lipinski definition) is 3. The summed E-state index contributed by atoms with van der Waals surface area (Å²) in [5, 5.41) is 5.40. The van der Waals surface area contributed by atoms with Gasteiger partial charge >= 0.3 is 0 Å². The maximum Gasteiger partial charge on any atom is 0.279 e. The zero-order valence-electron chi connectivity index (χ0n) is 17.9. The van der Waals surface area contributed by atoms with Gasteiger partial charge in [0.05, 0.1) is 27.7 Å². The van der Waals surface area contributed by atoms with E-state index in [0.29, 0.717) is 5.02 Å². The molecule has 1 saturated carbocycles. The first kappa shape index (κ1) is 24.4. The lowest BCUT2D eigenvalue weighted by Gasteiger charge is -2.20. The summed E-state index contributed by atoms with van der Waals surface area (Å²) in [6, 6.07) is 6.72. The lowest BCUT2D eigenvalue weighted by atomic mass is 10.1. The van der Waals surface area contributed by atoms with Gasteiger partial charge in [0.25, 0.3) is 16.0 Å². The van der Waals surface area contributed by atoms with Gasteiger partial charge in [-0.2, -0.15) is 13.5 Å². The number of pyridine rings is 1. The van der Waals surface area contributed by atoms with E-state index in [0.717, 1.165) is 12.8 Å². The zero-order chi connectivity index (χ0) is 24.6. The van der Waals surface area contributed by atoms with Gasteiger partial charge in [0.15, 0.2) is 5.25 Å². The molecule has 1 aliphatic heterocycles. The van der Waals surface area contributed by atoms with Crippen LogP contribution in [-0.2, 0) is 14.9 Å². The quantitative estimate of drug-likeness (QED) is 0.471. The number of benzene rings is 1. The minimum absolute atomic E-state index is 0.0240. The van der Waals surface area contributed by atoms with Gasteiger partial charge in [0.1, 0.15) is 6.04 Å². The number of aromatic nitrogens is 1. The fourth-order valence-electron chi connectivity index (χ4n) is 3.68. The number of hydrazone groups is 1. The maximum absolute atomic E-state index is 13.0. The monoisotopic (exact) mass is 525 g/mol. The first-order chi connectivity index (χ1) is 16.1. The second kappa shape index (κ2) is 9.49. The van der Waals surface area contributed by atoms with Crippen LogP contribution in [0.25, 0.3) is 0 Å². The number of halogens is 2. The Morgan fingerprint density at radius 2 is 2.00 bits per heavy atom. The van der Waals surface area contributed by atoms with Crippen molar-refractivity contribution in [1.29, 1.82) is 0 Å². The van der Waals surface area contributed by atoms with Crippen molar-refractivity contribution in [2.45, 2.75) is 36.6 Å². The summed E-state index contributed by atoms with van der Waals surface area (Å²) in [5.41, 5.74) is 2.97. The van der Waals surface area contributed by atoms with E-state index in [1.54, 1.807) is 18.0 Å². The Hall–Kier alpha value is -2.73. The SMILES string of the molecule is CN(C(=O)c1cc(Cl)ccc1NC(=O)C1CC(C(c2ncccc2Cl)S(=O)(=O)O)=NN1)C1CC1. The van der Waals surface area contributed by atoms with E-state index in [4.69, 9.17) is 23.2 Å². The molecule has 2 unspecified atom stereocenters. The molecule has 4 rings (SSSR count). The summed E-state index contributed by atoms with van der Waals surface area (Å²) < 4.78 is 34.0. The van der Waals surface area contributed by atoms with E-state index in [1.807, 2.05) is 0 Å². The van der Waals surface area contributed by atoms with Crippen LogP contribution in [0.4, 0.5) is 5.69 Å². The molecule has 0 saturated heterocycles. The van der Waals surface area contributed by atoms with Crippen LogP contribution >= 0.6 is 23.2 Å². The first-order valence-electron chi connectivity index (χ1n) is 10.3. The lowest BCUT2D eigenvalue weighted by molar-refractivity contribution is -0.117. The van der Waals surface area contributed by atoms with Gasteiger partial charge in [0.2, 0.25) is 5.91 Å². The van der Waals surface area contributed by atoms with Crippen LogP contribution < -0.4 is 10.7 Å². The molecule has 1 aliphatic carbocycles. The molecule has 13 heteroatoms. The normalized spacial score (nSPS) is 18.6. The van der Waals surface area contributed by atoms with Crippen molar-refractivity contribution in [3.05, 3.63) is 57.8 Å². The van der Waals surface area contributed by atoms with Gasteiger partial charge in [-0.1, -0.05) is 23.2 Å². The Morgan fingerprint density at radius 3 is 2.65 bits per heavy atom. The predicted molar refractivity (Wildman–Crippen MR) is 128 cm³/mol. The highest BCUT2D eigenvalue weighted by Gasteiger charge is 2.39. The molecular weight excluding hydrogens is 505 g/mol. The lowest BCUT2D eigenvalue weighted by Crippen LogP contribution is -2.36. The molecule has 2 aromatic rings. The van der Waals surface area contributed by atoms with Gasteiger partial charge in [-0.05, 0) is 43.2 Å². The summed E-state index contributed by atoms with van der Waals surface area (Å²) in [6.07, 6.45) is 3.05. The smallest absolute Gasteiger partial charge is 0.279 e. The highest BCUT2D eigenvalue weighted by molar-refractivity contribution is 7.86. The number of anilines is 1.